The lowest BCUT2D eigenvalue weighted by Crippen LogP contribution is -2.43. The highest BCUT2D eigenvalue weighted by Gasteiger charge is 2.29. The van der Waals surface area contributed by atoms with Crippen molar-refractivity contribution in [2.75, 3.05) is 65.8 Å². The van der Waals surface area contributed by atoms with E-state index >= 15 is 0 Å². The topological polar surface area (TPSA) is 71.5 Å². The SMILES string of the molecule is CCCCCCCCCCCCOCC(CN(CCCCCC(=O)OCC(CCCCCC)CCCCCCCC)CCN(CCO)C1CC1)OCCCCCCCC. The molecule has 1 fully saturated rings. The number of carbonyl (C=O) groups excluding carboxylic acids is 1. The van der Waals surface area contributed by atoms with Gasteiger partial charge in [0, 0.05) is 51.9 Å². The van der Waals surface area contributed by atoms with Crippen LogP contribution in [0.3, 0.4) is 0 Å². The van der Waals surface area contributed by atoms with Gasteiger partial charge in [-0.1, -0.05) is 188 Å². The van der Waals surface area contributed by atoms with Crippen LogP contribution in [0, 0.1) is 5.92 Å². The van der Waals surface area contributed by atoms with Crippen molar-refractivity contribution in [2.24, 2.45) is 5.92 Å². The van der Waals surface area contributed by atoms with E-state index in [0.717, 1.165) is 78.0 Å². The Labute approximate surface area is 368 Å². The van der Waals surface area contributed by atoms with Crippen molar-refractivity contribution in [3.05, 3.63) is 0 Å². The first-order valence-corrected chi connectivity index (χ1v) is 26.5. The van der Waals surface area contributed by atoms with Gasteiger partial charge in [0.25, 0.3) is 0 Å². The van der Waals surface area contributed by atoms with Crippen molar-refractivity contribution < 1.29 is 24.1 Å². The van der Waals surface area contributed by atoms with Crippen LogP contribution in [0.25, 0.3) is 0 Å². The summed E-state index contributed by atoms with van der Waals surface area (Å²) in [5, 5.41) is 9.77. The number of rotatable bonds is 49. The summed E-state index contributed by atoms with van der Waals surface area (Å²) >= 11 is 0. The van der Waals surface area contributed by atoms with Crippen LogP contribution >= 0.6 is 0 Å². The molecule has 1 aliphatic carbocycles. The molecule has 1 rings (SSSR count). The molecule has 0 radical (unpaired) electrons. The standard InChI is InChI=1S/C52H104N2O5/c1-5-9-13-17-20-21-22-23-25-32-44-57-48-51(58-45-33-26-19-15-11-7-3)46-53(40-41-54(42-43-55)50-37-38-50)39-31-27-30-36-52(56)59-47-49(34-28-16-12-8-4)35-29-24-18-14-10-6-2/h49-51,55H,5-48H2,1-4H3. The first-order chi connectivity index (χ1) is 29.1. The van der Waals surface area contributed by atoms with E-state index in [0.29, 0.717) is 31.6 Å². The Kier molecular flexibility index (Phi) is 41.9. The van der Waals surface area contributed by atoms with E-state index in [1.807, 2.05) is 0 Å². The molecule has 0 aromatic carbocycles. The third kappa shape index (κ3) is 37.5. The van der Waals surface area contributed by atoms with E-state index < -0.39 is 0 Å². The molecule has 7 heteroatoms. The van der Waals surface area contributed by atoms with Crippen LogP contribution < -0.4 is 0 Å². The van der Waals surface area contributed by atoms with Crippen LogP contribution in [-0.2, 0) is 19.0 Å². The van der Waals surface area contributed by atoms with Crippen molar-refractivity contribution in [3.63, 3.8) is 0 Å². The second-order valence-electron chi connectivity index (χ2n) is 18.6. The summed E-state index contributed by atoms with van der Waals surface area (Å²) in [7, 11) is 0. The van der Waals surface area contributed by atoms with E-state index in [-0.39, 0.29) is 18.7 Å². The van der Waals surface area contributed by atoms with Gasteiger partial charge in [0.05, 0.1) is 25.9 Å². The summed E-state index contributed by atoms with van der Waals surface area (Å²) in [6.07, 6.45) is 42.6. The van der Waals surface area contributed by atoms with Gasteiger partial charge in [0.1, 0.15) is 0 Å². The quantitative estimate of drug-likeness (QED) is 0.0483. The van der Waals surface area contributed by atoms with Crippen molar-refractivity contribution in [1.29, 1.82) is 0 Å². The zero-order valence-corrected chi connectivity index (χ0v) is 40.3. The molecule has 0 saturated heterocycles. The maximum atomic E-state index is 12.9. The molecule has 0 aliphatic heterocycles. The molecule has 0 heterocycles. The third-order valence-electron chi connectivity index (χ3n) is 12.7. The molecule has 1 N–H and O–H groups in total. The maximum Gasteiger partial charge on any atom is 0.305 e. The Morgan fingerprint density at radius 2 is 1.03 bits per heavy atom. The second kappa shape index (κ2) is 43.9. The molecule has 0 amide bonds. The summed E-state index contributed by atoms with van der Waals surface area (Å²) in [4.78, 5) is 18.0. The van der Waals surface area contributed by atoms with E-state index in [4.69, 9.17) is 14.2 Å². The Morgan fingerprint density at radius 3 is 1.58 bits per heavy atom. The lowest BCUT2D eigenvalue weighted by molar-refractivity contribution is -0.145. The number of aliphatic hydroxyl groups excluding tert-OH is 1. The fourth-order valence-corrected chi connectivity index (χ4v) is 8.54. The minimum Gasteiger partial charge on any atom is -0.465 e. The third-order valence-corrected chi connectivity index (χ3v) is 12.7. The predicted molar refractivity (Wildman–Crippen MR) is 254 cm³/mol. The van der Waals surface area contributed by atoms with E-state index in [1.165, 1.54) is 180 Å². The van der Waals surface area contributed by atoms with Crippen LogP contribution in [0.2, 0.25) is 0 Å². The molecule has 1 aliphatic rings. The fourth-order valence-electron chi connectivity index (χ4n) is 8.54. The van der Waals surface area contributed by atoms with Gasteiger partial charge in [-0.3, -0.25) is 14.6 Å². The fraction of sp³-hybridized carbons (Fsp3) is 0.981. The van der Waals surface area contributed by atoms with Gasteiger partial charge in [0.15, 0.2) is 0 Å². The van der Waals surface area contributed by atoms with Crippen LogP contribution in [0.5, 0.6) is 0 Å². The van der Waals surface area contributed by atoms with E-state index in [2.05, 4.69) is 37.5 Å². The summed E-state index contributed by atoms with van der Waals surface area (Å²) in [5.74, 6) is 0.516. The van der Waals surface area contributed by atoms with E-state index in [9.17, 15) is 9.90 Å². The minimum absolute atomic E-state index is 0.00449. The average molecular weight is 837 g/mol. The van der Waals surface area contributed by atoms with Gasteiger partial charge in [-0.15, -0.1) is 0 Å². The van der Waals surface area contributed by atoms with Gasteiger partial charge in [-0.2, -0.15) is 0 Å². The van der Waals surface area contributed by atoms with Crippen LogP contribution in [0.15, 0.2) is 0 Å². The number of hydrogen-bond donors (Lipinski definition) is 1. The maximum absolute atomic E-state index is 12.9. The number of hydrogen-bond acceptors (Lipinski definition) is 7. The number of nitrogens with zero attached hydrogens (tertiary/aromatic N) is 2. The van der Waals surface area contributed by atoms with Crippen LogP contribution in [-0.4, -0.2) is 98.8 Å². The molecule has 0 aromatic heterocycles. The molecule has 7 nitrogen and oxygen atoms in total. The Balaban J connectivity index is 2.62. The molecule has 59 heavy (non-hydrogen) atoms. The Hall–Kier alpha value is -0.730. The van der Waals surface area contributed by atoms with E-state index in [1.54, 1.807) is 0 Å². The number of carbonyl (C=O) groups is 1. The molecule has 352 valence electrons. The summed E-state index contributed by atoms with van der Waals surface area (Å²) < 4.78 is 18.8. The highest BCUT2D eigenvalue weighted by Crippen LogP contribution is 2.26. The molecule has 0 spiro atoms. The highest BCUT2D eigenvalue weighted by atomic mass is 16.5. The zero-order chi connectivity index (χ0) is 42.7. The minimum atomic E-state index is -0.00449. The molecule has 0 aromatic rings. The van der Waals surface area contributed by atoms with Crippen molar-refractivity contribution in [2.45, 2.75) is 258 Å². The van der Waals surface area contributed by atoms with Crippen LogP contribution in [0.4, 0.5) is 0 Å². The lowest BCUT2D eigenvalue weighted by atomic mass is 9.95. The number of unbranched alkanes of at least 4 members (excludes halogenated alkanes) is 24. The van der Waals surface area contributed by atoms with Crippen LogP contribution in [0.1, 0.15) is 246 Å². The Bertz CT molecular complexity index is 857. The van der Waals surface area contributed by atoms with Gasteiger partial charge in [-0.25, -0.2) is 0 Å². The number of esters is 1. The normalized spacial score (nSPS) is 14.2. The average Bonchev–Trinajstić information content (AvgIpc) is 4.09. The number of ether oxygens (including phenoxy) is 3. The first-order valence-electron chi connectivity index (χ1n) is 26.5. The summed E-state index contributed by atoms with van der Waals surface area (Å²) in [5.41, 5.74) is 0. The molecular formula is C52H104N2O5. The number of aliphatic hydroxyl groups is 1. The highest BCUT2D eigenvalue weighted by molar-refractivity contribution is 5.69. The lowest BCUT2D eigenvalue weighted by Gasteiger charge is -2.30. The smallest absolute Gasteiger partial charge is 0.305 e. The van der Waals surface area contributed by atoms with Crippen molar-refractivity contribution >= 4 is 5.97 Å². The molecule has 1 saturated carbocycles. The summed E-state index contributed by atoms with van der Waals surface area (Å²) in [6.45, 7) is 16.9. The van der Waals surface area contributed by atoms with Crippen molar-refractivity contribution in [3.8, 4) is 0 Å². The monoisotopic (exact) mass is 837 g/mol. The molecule has 0 bridgehead atoms. The first kappa shape index (κ1) is 56.3. The molecular weight excluding hydrogens is 733 g/mol. The zero-order valence-electron chi connectivity index (χ0n) is 40.3. The second-order valence-corrected chi connectivity index (χ2v) is 18.6. The van der Waals surface area contributed by atoms with Gasteiger partial charge in [-0.05, 0) is 63.8 Å². The predicted octanol–water partition coefficient (Wildman–Crippen LogP) is 13.9. The Morgan fingerprint density at radius 1 is 0.542 bits per heavy atom. The van der Waals surface area contributed by atoms with Crippen molar-refractivity contribution in [1.82, 2.24) is 9.80 Å². The summed E-state index contributed by atoms with van der Waals surface area (Å²) in [6, 6.07) is 0.640. The molecule has 2 atom stereocenters. The largest absolute Gasteiger partial charge is 0.465 e. The van der Waals surface area contributed by atoms with Gasteiger partial charge >= 0.3 is 5.97 Å². The van der Waals surface area contributed by atoms with Gasteiger partial charge < -0.3 is 19.3 Å². The van der Waals surface area contributed by atoms with Gasteiger partial charge in [0.2, 0.25) is 0 Å². The molecule has 2 unspecified atom stereocenters.